The lowest BCUT2D eigenvalue weighted by atomic mass is 10.4. The molecule has 0 aromatic carbocycles. The fraction of sp³-hybridized carbons (Fsp3) is 0. The lowest BCUT2D eigenvalue weighted by molar-refractivity contribution is 1.53. The van der Waals surface area contributed by atoms with Gasteiger partial charge in [0.2, 0.25) is 0 Å². The fourth-order valence-corrected chi connectivity index (χ4v) is 0.483. The van der Waals surface area contributed by atoms with Gasteiger partial charge in [-0.3, -0.25) is 0 Å². The van der Waals surface area contributed by atoms with Gasteiger partial charge in [0, 0.05) is 12.2 Å². The second-order valence-electron chi connectivity index (χ2n) is 2.22. The Morgan fingerprint density at radius 1 is 0.625 bits per heavy atom. The van der Waals surface area contributed by atoms with Crippen molar-refractivity contribution in [2.24, 2.45) is 0 Å². The van der Waals surface area contributed by atoms with Gasteiger partial charge in [0.1, 0.15) is 0 Å². The number of rotatable bonds is 4. The first kappa shape index (κ1) is 15.9. The Morgan fingerprint density at radius 2 is 1.00 bits per heavy atom. The van der Waals surface area contributed by atoms with E-state index >= 15 is 0 Å². The highest BCUT2D eigenvalue weighted by molar-refractivity contribution is 5.15. The second-order valence-corrected chi connectivity index (χ2v) is 2.22. The number of hydrogen-bond donors (Lipinski definition) is 0. The minimum absolute atomic E-state index is 1.40. The lowest BCUT2D eigenvalue weighted by Crippen LogP contribution is -1.45. The molecule has 0 bridgehead atoms. The molecular weight excluding hydrogens is 196 g/mol. The number of nitriles is 2. The maximum absolute atomic E-state index is 7.97. The molecule has 0 rings (SSSR count). The zero-order chi connectivity index (χ0) is 12.5. The van der Waals surface area contributed by atoms with Gasteiger partial charge in [-0.15, -0.1) is 0 Å². The third kappa shape index (κ3) is 22.5. The Hall–Kier alpha value is -2.58. The molecule has 80 valence electrons. The summed E-state index contributed by atoms with van der Waals surface area (Å²) in [7, 11) is 0. The Morgan fingerprint density at radius 3 is 1.25 bits per heavy atom. The number of hydrogen-bond acceptors (Lipinski definition) is 2. The van der Waals surface area contributed by atoms with Crippen LogP contribution in [0, 0.1) is 22.7 Å². The van der Waals surface area contributed by atoms with E-state index in [1.165, 1.54) is 12.2 Å². The van der Waals surface area contributed by atoms with Gasteiger partial charge in [-0.2, -0.15) is 10.5 Å². The van der Waals surface area contributed by atoms with Crippen molar-refractivity contribution < 1.29 is 0 Å². The second kappa shape index (κ2) is 18.3. The summed E-state index contributed by atoms with van der Waals surface area (Å²) >= 11 is 0. The molecule has 2 nitrogen and oxygen atoms in total. The van der Waals surface area contributed by atoms with E-state index in [2.05, 4.69) is 13.2 Å². The smallest absolute Gasteiger partial charge is 0.0912 e. The van der Waals surface area contributed by atoms with Crippen molar-refractivity contribution in [1.29, 1.82) is 10.5 Å². The average molecular weight is 210 g/mol. The van der Waals surface area contributed by atoms with Gasteiger partial charge in [0.15, 0.2) is 0 Å². The van der Waals surface area contributed by atoms with Gasteiger partial charge in [-0.05, 0) is 0 Å². The maximum Gasteiger partial charge on any atom is 0.0912 e. The summed E-state index contributed by atoms with van der Waals surface area (Å²) in [6.07, 6.45) is 16.4. The van der Waals surface area contributed by atoms with Crippen LogP contribution >= 0.6 is 0 Å². The van der Waals surface area contributed by atoms with Crippen molar-refractivity contribution >= 4 is 0 Å². The SMILES string of the molecule is C=CC=CC=CC#N.C=CC=CC=CC#N. The first-order chi connectivity index (χ1) is 7.83. The lowest BCUT2D eigenvalue weighted by Gasteiger charge is -1.64. The standard InChI is InChI=1S/2C7H7N/c2*1-2-3-4-5-6-7-8/h2*2-6H,1H2. The molecule has 16 heavy (non-hydrogen) atoms. The van der Waals surface area contributed by atoms with Crippen LogP contribution in [-0.4, -0.2) is 0 Å². The van der Waals surface area contributed by atoms with Crippen molar-refractivity contribution in [2.45, 2.75) is 0 Å². The zero-order valence-corrected chi connectivity index (χ0v) is 9.08. The minimum atomic E-state index is 1.40. The van der Waals surface area contributed by atoms with Gasteiger partial charge >= 0.3 is 0 Å². The molecule has 0 aliphatic rings. The van der Waals surface area contributed by atoms with E-state index in [0.29, 0.717) is 0 Å². The summed E-state index contributed by atoms with van der Waals surface area (Å²) in [4.78, 5) is 0. The molecule has 0 aromatic rings. The number of allylic oxidation sites excluding steroid dienone is 10. The van der Waals surface area contributed by atoms with E-state index in [4.69, 9.17) is 10.5 Å². The van der Waals surface area contributed by atoms with Gasteiger partial charge in [-0.1, -0.05) is 61.8 Å². The Balaban J connectivity index is 0. The molecule has 0 N–H and O–H groups in total. The molecule has 0 unspecified atom stereocenters. The monoisotopic (exact) mass is 210 g/mol. The normalized spacial score (nSPS) is 9.88. The summed E-state index contributed by atoms with van der Waals surface area (Å²) in [5.74, 6) is 0. The van der Waals surface area contributed by atoms with Crippen LogP contribution in [0.4, 0.5) is 0 Å². The van der Waals surface area contributed by atoms with Crippen LogP contribution in [0.25, 0.3) is 0 Å². The molecule has 0 radical (unpaired) electrons. The van der Waals surface area contributed by atoms with Crippen LogP contribution in [0.2, 0.25) is 0 Å². The molecule has 0 atom stereocenters. The zero-order valence-electron chi connectivity index (χ0n) is 9.08. The van der Waals surface area contributed by atoms with Crippen molar-refractivity contribution in [1.82, 2.24) is 0 Å². The predicted octanol–water partition coefficient (Wildman–Crippen LogP) is 3.62. The summed E-state index contributed by atoms with van der Waals surface area (Å²) in [6, 6.07) is 3.72. The van der Waals surface area contributed by atoms with Crippen LogP contribution in [0.15, 0.2) is 73.9 Å². The summed E-state index contributed by atoms with van der Waals surface area (Å²) in [5.41, 5.74) is 0. The van der Waals surface area contributed by atoms with Crippen LogP contribution in [0.1, 0.15) is 0 Å². The van der Waals surface area contributed by atoms with E-state index in [1.807, 2.05) is 12.1 Å². The summed E-state index contributed by atoms with van der Waals surface area (Å²) in [6.45, 7) is 6.91. The van der Waals surface area contributed by atoms with Gasteiger partial charge in [0.25, 0.3) is 0 Å². The highest BCUT2D eigenvalue weighted by Crippen LogP contribution is 1.75. The summed E-state index contributed by atoms with van der Waals surface area (Å²) < 4.78 is 0. The van der Waals surface area contributed by atoms with Gasteiger partial charge in [0.05, 0.1) is 12.1 Å². The van der Waals surface area contributed by atoms with Crippen LogP contribution in [-0.2, 0) is 0 Å². The Kier molecular flexibility index (Phi) is 18.1. The van der Waals surface area contributed by atoms with Crippen LogP contribution < -0.4 is 0 Å². The van der Waals surface area contributed by atoms with E-state index in [0.717, 1.165) is 0 Å². The number of nitrogens with zero attached hydrogens (tertiary/aromatic N) is 2. The summed E-state index contributed by atoms with van der Waals surface area (Å²) in [5, 5.41) is 15.9. The van der Waals surface area contributed by atoms with Crippen molar-refractivity contribution in [2.75, 3.05) is 0 Å². The molecule has 2 heteroatoms. The van der Waals surface area contributed by atoms with E-state index in [-0.39, 0.29) is 0 Å². The Bertz CT molecular complexity index is 331. The molecule has 0 spiro atoms. The molecule has 0 heterocycles. The first-order valence-corrected chi connectivity index (χ1v) is 4.51. The van der Waals surface area contributed by atoms with E-state index < -0.39 is 0 Å². The Labute approximate surface area is 97.1 Å². The first-order valence-electron chi connectivity index (χ1n) is 4.51. The molecule has 0 saturated heterocycles. The van der Waals surface area contributed by atoms with Crippen molar-refractivity contribution in [3.8, 4) is 12.1 Å². The van der Waals surface area contributed by atoms with Crippen LogP contribution in [0.3, 0.4) is 0 Å². The third-order valence-corrected chi connectivity index (χ3v) is 1.06. The van der Waals surface area contributed by atoms with E-state index in [9.17, 15) is 0 Å². The molecular formula is C14H14N2. The van der Waals surface area contributed by atoms with Gasteiger partial charge < -0.3 is 0 Å². The molecule has 0 aromatic heterocycles. The molecule has 0 amide bonds. The highest BCUT2D eigenvalue weighted by Gasteiger charge is 1.57. The van der Waals surface area contributed by atoms with Crippen LogP contribution in [0.5, 0.6) is 0 Å². The average Bonchev–Trinajstić information content (AvgIpc) is 2.31. The van der Waals surface area contributed by atoms with Crippen molar-refractivity contribution in [3.05, 3.63) is 73.9 Å². The maximum atomic E-state index is 7.97. The molecule has 0 fully saturated rings. The fourth-order valence-electron chi connectivity index (χ4n) is 0.483. The minimum Gasteiger partial charge on any atom is -0.193 e. The van der Waals surface area contributed by atoms with Gasteiger partial charge in [-0.25, -0.2) is 0 Å². The third-order valence-electron chi connectivity index (χ3n) is 1.06. The van der Waals surface area contributed by atoms with Crippen molar-refractivity contribution in [3.63, 3.8) is 0 Å². The highest BCUT2D eigenvalue weighted by atomic mass is 14.2. The topological polar surface area (TPSA) is 47.6 Å². The molecule has 0 saturated carbocycles. The molecule has 0 aliphatic carbocycles. The van der Waals surface area contributed by atoms with E-state index in [1.54, 1.807) is 48.6 Å². The largest absolute Gasteiger partial charge is 0.193 e. The quantitative estimate of drug-likeness (QED) is 0.525. The molecule has 0 aliphatic heterocycles. The predicted molar refractivity (Wildman–Crippen MR) is 68.2 cm³/mol.